The van der Waals surface area contributed by atoms with Crippen LogP contribution in [0.1, 0.15) is 17.3 Å². The van der Waals surface area contributed by atoms with Crippen LogP contribution in [0.3, 0.4) is 0 Å². The second kappa shape index (κ2) is 6.59. The Morgan fingerprint density at radius 3 is 2.67 bits per heavy atom. The van der Waals surface area contributed by atoms with Crippen LogP contribution < -0.4 is 0 Å². The van der Waals surface area contributed by atoms with Gasteiger partial charge in [-0.1, -0.05) is 47.6 Å². The molecule has 0 aliphatic carbocycles. The number of aromatic amines is 1. The molecule has 0 fully saturated rings. The summed E-state index contributed by atoms with van der Waals surface area (Å²) in [5.74, 6) is 0. The lowest BCUT2D eigenvalue weighted by atomic mass is 10.00. The molecular weight excluding hydrogens is 310 g/mol. The molecule has 2 aromatic carbocycles. The molecule has 0 spiro atoms. The third-order valence-electron chi connectivity index (χ3n) is 3.44. The molecule has 0 aliphatic rings. The average molecular weight is 321 g/mol. The van der Waals surface area contributed by atoms with Gasteiger partial charge in [-0.3, -0.25) is 10.1 Å². The number of H-pyrrole nitrogens is 1. The Kier molecular flexibility index (Phi) is 4.17. The normalized spacial score (nSPS) is 11.5. The van der Waals surface area contributed by atoms with Gasteiger partial charge in [0.05, 0.1) is 4.92 Å². The third kappa shape index (κ3) is 2.92. The Morgan fingerprint density at radius 2 is 1.96 bits per heavy atom. The van der Waals surface area contributed by atoms with E-state index in [0.29, 0.717) is 17.0 Å². The molecule has 1 heterocycles. The Bertz CT molecular complexity index is 916. The smallest absolute Gasteiger partial charge is 0.258 e. The number of nitro benzene ring substituents is 1. The van der Waals surface area contributed by atoms with E-state index in [0.717, 1.165) is 5.56 Å². The number of nitrogens with one attached hydrogen (secondary N) is 1. The van der Waals surface area contributed by atoms with Gasteiger partial charge in [-0.15, -0.1) is 0 Å². The summed E-state index contributed by atoms with van der Waals surface area (Å²) >= 11 is 0. The highest BCUT2D eigenvalue weighted by molar-refractivity contribution is 5.62. The number of nitro groups is 1. The number of rotatable bonds is 5. The Hall–Kier alpha value is -3.71. The maximum Gasteiger partial charge on any atom is 0.269 e. The summed E-state index contributed by atoms with van der Waals surface area (Å²) in [4.78, 5) is 13.3. The number of aromatic nitrogens is 3. The van der Waals surface area contributed by atoms with Gasteiger partial charge < -0.3 is 0 Å². The molecule has 0 bridgehead atoms. The molecule has 1 aromatic heterocycles. The van der Waals surface area contributed by atoms with Crippen molar-refractivity contribution in [3.05, 3.63) is 86.4 Å². The fourth-order valence-corrected chi connectivity index (χ4v) is 2.38. The summed E-state index contributed by atoms with van der Waals surface area (Å²) in [5.41, 5.74) is 11.0. The quantitative estimate of drug-likeness (QED) is 0.251. The van der Waals surface area contributed by atoms with Crippen LogP contribution >= 0.6 is 0 Å². The van der Waals surface area contributed by atoms with Gasteiger partial charge in [0.2, 0.25) is 0 Å². The summed E-state index contributed by atoms with van der Waals surface area (Å²) < 4.78 is 0. The molecule has 1 unspecified atom stereocenters. The van der Waals surface area contributed by atoms with E-state index in [9.17, 15) is 10.1 Å². The Balaban J connectivity index is 2.11. The van der Waals surface area contributed by atoms with Crippen molar-refractivity contribution in [2.24, 2.45) is 5.11 Å². The average Bonchev–Trinajstić information content (AvgIpc) is 3.10. The molecule has 0 saturated heterocycles. The fraction of sp³-hybridized carbons (Fsp3) is 0.0667. The van der Waals surface area contributed by atoms with E-state index >= 15 is 0 Å². The molecule has 118 valence electrons. The first kappa shape index (κ1) is 15.2. The number of benzene rings is 2. The lowest BCUT2D eigenvalue weighted by Crippen LogP contribution is -2.01. The Morgan fingerprint density at radius 1 is 1.17 bits per heavy atom. The molecule has 0 aliphatic heterocycles. The highest BCUT2D eigenvalue weighted by Gasteiger charge is 2.23. The third-order valence-corrected chi connectivity index (χ3v) is 3.44. The van der Waals surface area contributed by atoms with Gasteiger partial charge in [0.25, 0.3) is 5.69 Å². The number of hydrogen-bond donors (Lipinski definition) is 1. The number of hydrogen-bond acceptors (Lipinski definition) is 5. The van der Waals surface area contributed by atoms with E-state index in [1.54, 1.807) is 6.07 Å². The molecule has 9 heteroatoms. The highest BCUT2D eigenvalue weighted by atomic mass is 16.6. The van der Waals surface area contributed by atoms with E-state index < -0.39 is 11.0 Å². The van der Waals surface area contributed by atoms with Gasteiger partial charge in [-0.05, 0) is 11.1 Å². The molecule has 9 nitrogen and oxygen atoms in total. The van der Waals surface area contributed by atoms with Crippen LogP contribution in [-0.2, 0) is 0 Å². The van der Waals surface area contributed by atoms with E-state index in [4.69, 9.17) is 5.53 Å². The second-order valence-corrected chi connectivity index (χ2v) is 4.88. The van der Waals surface area contributed by atoms with Crippen LogP contribution in [0.4, 0.5) is 5.69 Å². The lowest BCUT2D eigenvalue weighted by Gasteiger charge is -2.10. The molecule has 24 heavy (non-hydrogen) atoms. The standard InChI is InChI=1S/C15H11N7O2/c16-20-17-14(11-7-4-8-12(9-11)22(23)24)15-13(18-21-19-15)10-5-2-1-3-6-10/h1-9,14H,(H,18,19,21). The van der Waals surface area contributed by atoms with Gasteiger partial charge in [-0.25, -0.2) is 0 Å². The monoisotopic (exact) mass is 321 g/mol. The first-order valence-electron chi connectivity index (χ1n) is 6.95. The van der Waals surface area contributed by atoms with E-state index in [2.05, 4.69) is 25.4 Å². The van der Waals surface area contributed by atoms with Crippen molar-refractivity contribution in [2.45, 2.75) is 6.04 Å². The van der Waals surface area contributed by atoms with Crippen LogP contribution in [0.15, 0.2) is 59.7 Å². The molecule has 1 atom stereocenters. The van der Waals surface area contributed by atoms with Crippen LogP contribution in [0.25, 0.3) is 21.7 Å². The van der Waals surface area contributed by atoms with Crippen LogP contribution in [0, 0.1) is 10.1 Å². The SMILES string of the molecule is [N-]=[N+]=NC(c1cccc([N+](=O)[O-])c1)c1n[nH]nc1-c1ccccc1. The van der Waals surface area contributed by atoms with Crippen molar-refractivity contribution >= 4 is 5.69 Å². The predicted octanol–water partition coefficient (Wildman–Crippen LogP) is 3.78. The van der Waals surface area contributed by atoms with Gasteiger partial charge in [0, 0.05) is 22.6 Å². The summed E-state index contributed by atoms with van der Waals surface area (Å²) in [6.07, 6.45) is 0. The molecule has 0 amide bonds. The van der Waals surface area contributed by atoms with E-state index in [-0.39, 0.29) is 5.69 Å². The van der Waals surface area contributed by atoms with Crippen LogP contribution in [0.5, 0.6) is 0 Å². The maximum atomic E-state index is 11.0. The minimum Gasteiger partial charge on any atom is -0.258 e. The van der Waals surface area contributed by atoms with E-state index in [1.165, 1.54) is 18.2 Å². The summed E-state index contributed by atoms with van der Waals surface area (Å²) in [6.45, 7) is 0. The van der Waals surface area contributed by atoms with Gasteiger partial charge in [0.1, 0.15) is 17.4 Å². The van der Waals surface area contributed by atoms with Crippen molar-refractivity contribution in [1.29, 1.82) is 0 Å². The first-order chi connectivity index (χ1) is 11.7. The van der Waals surface area contributed by atoms with Gasteiger partial charge >= 0.3 is 0 Å². The lowest BCUT2D eigenvalue weighted by molar-refractivity contribution is -0.384. The molecule has 0 saturated carbocycles. The summed E-state index contributed by atoms with van der Waals surface area (Å²) in [6, 6.07) is 14.4. The van der Waals surface area contributed by atoms with Crippen LogP contribution in [0.2, 0.25) is 0 Å². The largest absolute Gasteiger partial charge is 0.269 e. The highest BCUT2D eigenvalue weighted by Crippen LogP contribution is 2.32. The minimum atomic E-state index is -0.830. The summed E-state index contributed by atoms with van der Waals surface area (Å²) in [5, 5.41) is 25.5. The molecule has 0 radical (unpaired) electrons. The number of nitrogens with zero attached hydrogens (tertiary/aromatic N) is 6. The fourth-order valence-electron chi connectivity index (χ4n) is 2.38. The second-order valence-electron chi connectivity index (χ2n) is 4.88. The molecular formula is C15H11N7O2. The van der Waals surface area contributed by atoms with Crippen molar-refractivity contribution in [2.75, 3.05) is 0 Å². The minimum absolute atomic E-state index is 0.0876. The van der Waals surface area contributed by atoms with Gasteiger partial charge in [0.15, 0.2) is 0 Å². The van der Waals surface area contributed by atoms with Crippen molar-refractivity contribution in [1.82, 2.24) is 15.4 Å². The van der Waals surface area contributed by atoms with Crippen molar-refractivity contribution in [3.63, 3.8) is 0 Å². The van der Waals surface area contributed by atoms with Crippen LogP contribution in [-0.4, -0.2) is 20.3 Å². The van der Waals surface area contributed by atoms with Crippen molar-refractivity contribution in [3.8, 4) is 11.3 Å². The first-order valence-corrected chi connectivity index (χ1v) is 6.95. The topological polar surface area (TPSA) is 133 Å². The van der Waals surface area contributed by atoms with Gasteiger partial charge in [-0.2, -0.15) is 15.4 Å². The van der Waals surface area contributed by atoms with Crippen molar-refractivity contribution < 1.29 is 4.92 Å². The zero-order chi connectivity index (χ0) is 16.9. The molecule has 3 aromatic rings. The predicted molar refractivity (Wildman–Crippen MR) is 85.9 cm³/mol. The zero-order valence-corrected chi connectivity index (χ0v) is 12.3. The van der Waals surface area contributed by atoms with E-state index in [1.807, 2.05) is 30.3 Å². The molecule has 3 rings (SSSR count). The Labute approximate surface area is 135 Å². The zero-order valence-electron chi connectivity index (χ0n) is 12.3. The number of azide groups is 1. The molecule has 1 N–H and O–H groups in total. The number of non-ortho nitro benzene ring substituents is 1. The maximum absolute atomic E-state index is 11.0. The summed E-state index contributed by atoms with van der Waals surface area (Å²) in [7, 11) is 0.